The van der Waals surface area contributed by atoms with Crippen molar-refractivity contribution < 1.29 is 4.74 Å². The fourth-order valence-electron chi connectivity index (χ4n) is 2.46. The lowest BCUT2D eigenvalue weighted by molar-refractivity contribution is 0.195. The van der Waals surface area contributed by atoms with E-state index in [0.717, 1.165) is 42.6 Å². The molecule has 0 radical (unpaired) electrons. The number of hydrogen-bond acceptors (Lipinski definition) is 3. The second kappa shape index (κ2) is 4.94. The van der Waals surface area contributed by atoms with Crippen LogP contribution in [0.15, 0.2) is 30.5 Å². The Morgan fingerprint density at radius 1 is 1.44 bits per heavy atom. The van der Waals surface area contributed by atoms with Crippen LogP contribution < -0.4 is 10.1 Å². The average Bonchev–Trinajstić information content (AvgIpc) is 2.58. The topological polar surface area (TPSA) is 34.2 Å². The van der Waals surface area contributed by atoms with E-state index in [2.05, 4.69) is 35.4 Å². The number of aromatic nitrogens is 1. The third kappa shape index (κ3) is 2.18. The number of ether oxygens (including phenoxy) is 1. The van der Waals surface area contributed by atoms with E-state index in [-0.39, 0.29) is 6.10 Å². The maximum atomic E-state index is 6.12. The molecule has 1 N–H and O–H groups in total. The fourth-order valence-corrected chi connectivity index (χ4v) is 2.46. The van der Waals surface area contributed by atoms with Gasteiger partial charge in [0.1, 0.15) is 11.9 Å². The summed E-state index contributed by atoms with van der Waals surface area (Å²) in [6.07, 6.45) is 4.36. The SMILES string of the molecule is CCCC1CNCc2cc3ncccc3cc2O1. The van der Waals surface area contributed by atoms with Gasteiger partial charge < -0.3 is 10.1 Å². The Morgan fingerprint density at radius 3 is 3.28 bits per heavy atom. The second-order valence-corrected chi connectivity index (χ2v) is 4.82. The molecule has 0 bridgehead atoms. The third-order valence-electron chi connectivity index (χ3n) is 3.38. The fraction of sp³-hybridized carbons (Fsp3) is 0.400. The van der Waals surface area contributed by atoms with Gasteiger partial charge in [0.15, 0.2) is 0 Å². The largest absolute Gasteiger partial charge is 0.489 e. The smallest absolute Gasteiger partial charge is 0.125 e. The van der Waals surface area contributed by atoms with Gasteiger partial charge in [-0.1, -0.05) is 19.4 Å². The van der Waals surface area contributed by atoms with E-state index < -0.39 is 0 Å². The van der Waals surface area contributed by atoms with Gasteiger partial charge in [-0.3, -0.25) is 4.98 Å². The quantitative estimate of drug-likeness (QED) is 0.879. The Balaban J connectivity index is 2.00. The number of nitrogens with zero attached hydrogens (tertiary/aromatic N) is 1. The second-order valence-electron chi connectivity index (χ2n) is 4.82. The molecule has 2 aromatic rings. The summed E-state index contributed by atoms with van der Waals surface area (Å²) in [7, 11) is 0. The average molecular weight is 242 g/mol. The molecule has 0 amide bonds. The zero-order valence-corrected chi connectivity index (χ0v) is 10.6. The van der Waals surface area contributed by atoms with Crippen molar-refractivity contribution in [1.29, 1.82) is 0 Å². The molecule has 0 saturated heterocycles. The van der Waals surface area contributed by atoms with Crippen molar-refractivity contribution in [3.63, 3.8) is 0 Å². The first kappa shape index (κ1) is 11.5. The van der Waals surface area contributed by atoms with Crippen LogP contribution in [0.25, 0.3) is 10.9 Å². The molecule has 1 atom stereocenters. The Morgan fingerprint density at radius 2 is 2.39 bits per heavy atom. The minimum absolute atomic E-state index is 0.283. The number of rotatable bonds is 2. The maximum Gasteiger partial charge on any atom is 0.125 e. The lowest BCUT2D eigenvalue weighted by Crippen LogP contribution is -2.27. The van der Waals surface area contributed by atoms with Crippen LogP contribution in [-0.4, -0.2) is 17.6 Å². The van der Waals surface area contributed by atoms with Gasteiger partial charge in [0.05, 0.1) is 5.52 Å². The number of nitrogens with one attached hydrogen (secondary N) is 1. The van der Waals surface area contributed by atoms with Crippen LogP contribution in [-0.2, 0) is 6.54 Å². The van der Waals surface area contributed by atoms with Crippen molar-refractivity contribution in [3.8, 4) is 5.75 Å². The minimum Gasteiger partial charge on any atom is -0.489 e. The van der Waals surface area contributed by atoms with Gasteiger partial charge in [-0.05, 0) is 24.6 Å². The molecule has 3 nitrogen and oxygen atoms in total. The van der Waals surface area contributed by atoms with Gasteiger partial charge in [-0.15, -0.1) is 0 Å². The summed E-state index contributed by atoms with van der Waals surface area (Å²) in [5.74, 6) is 1.01. The summed E-state index contributed by atoms with van der Waals surface area (Å²) < 4.78 is 6.12. The van der Waals surface area contributed by atoms with E-state index in [4.69, 9.17) is 4.74 Å². The van der Waals surface area contributed by atoms with Gasteiger partial charge in [0.2, 0.25) is 0 Å². The molecular weight excluding hydrogens is 224 g/mol. The van der Waals surface area contributed by atoms with Crippen LogP contribution in [0.1, 0.15) is 25.3 Å². The lowest BCUT2D eigenvalue weighted by Gasteiger charge is -2.16. The minimum atomic E-state index is 0.283. The Bertz CT molecular complexity index is 553. The van der Waals surface area contributed by atoms with Crippen LogP contribution >= 0.6 is 0 Å². The van der Waals surface area contributed by atoms with Crippen molar-refractivity contribution >= 4 is 10.9 Å². The molecule has 0 fully saturated rings. The lowest BCUT2D eigenvalue weighted by atomic mass is 10.1. The van der Waals surface area contributed by atoms with Gasteiger partial charge in [0, 0.05) is 30.2 Å². The van der Waals surface area contributed by atoms with Crippen molar-refractivity contribution in [2.24, 2.45) is 0 Å². The Hall–Kier alpha value is -1.61. The number of pyridine rings is 1. The summed E-state index contributed by atoms with van der Waals surface area (Å²) in [6.45, 7) is 3.98. The van der Waals surface area contributed by atoms with Crippen LogP contribution in [0.2, 0.25) is 0 Å². The van der Waals surface area contributed by atoms with E-state index in [1.54, 1.807) is 0 Å². The first-order valence-corrected chi connectivity index (χ1v) is 6.62. The highest BCUT2D eigenvalue weighted by Crippen LogP contribution is 2.27. The van der Waals surface area contributed by atoms with Crippen LogP contribution in [0.5, 0.6) is 5.75 Å². The summed E-state index contributed by atoms with van der Waals surface area (Å²) >= 11 is 0. The Kier molecular flexibility index (Phi) is 3.15. The molecule has 1 unspecified atom stereocenters. The van der Waals surface area contributed by atoms with E-state index >= 15 is 0 Å². The monoisotopic (exact) mass is 242 g/mol. The predicted molar refractivity (Wildman–Crippen MR) is 72.8 cm³/mol. The molecule has 1 aliphatic heterocycles. The predicted octanol–water partition coefficient (Wildman–Crippen LogP) is 2.89. The number of benzene rings is 1. The molecule has 1 aliphatic rings. The molecule has 0 saturated carbocycles. The van der Waals surface area contributed by atoms with Crippen molar-refractivity contribution in [3.05, 3.63) is 36.0 Å². The van der Waals surface area contributed by atoms with Crippen LogP contribution in [0, 0.1) is 0 Å². The number of hydrogen-bond donors (Lipinski definition) is 1. The summed E-state index contributed by atoms with van der Waals surface area (Å²) in [5, 5.41) is 4.60. The number of fused-ring (bicyclic) bond motifs is 2. The van der Waals surface area contributed by atoms with E-state index in [9.17, 15) is 0 Å². The van der Waals surface area contributed by atoms with Gasteiger partial charge in [-0.2, -0.15) is 0 Å². The van der Waals surface area contributed by atoms with Gasteiger partial charge in [0.25, 0.3) is 0 Å². The van der Waals surface area contributed by atoms with Crippen molar-refractivity contribution in [2.45, 2.75) is 32.4 Å². The zero-order valence-electron chi connectivity index (χ0n) is 10.6. The molecule has 3 rings (SSSR count). The van der Waals surface area contributed by atoms with Gasteiger partial charge >= 0.3 is 0 Å². The molecule has 1 aromatic heterocycles. The highest BCUT2D eigenvalue weighted by Gasteiger charge is 2.17. The highest BCUT2D eigenvalue weighted by atomic mass is 16.5. The van der Waals surface area contributed by atoms with Crippen molar-refractivity contribution in [1.82, 2.24) is 10.3 Å². The Labute approximate surface area is 107 Å². The van der Waals surface area contributed by atoms with Crippen LogP contribution in [0.3, 0.4) is 0 Å². The van der Waals surface area contributed by atoms with Gasteiger partial charge in [-0.25, -0.2) is 0 Å². The molecule has 1 aromatic carbocycles. The summed E-state index contributed by atoms with van der Waals surface area (Å²) in [4.78, 5) is 4.39. The molecule has 94 valence electrons. The van der Waals surface area contributed by atoms with Crippen LogP contribution in [0.4, 0.5) is 0 Å². The summed E-state index contributed by atoms with van der Waals surface area (Å²) in [5.41, 5.74) is 2.25. The molecule has 3 heteroatoms. The molecule has 0 spiro atoms. The van der Waals surface area contributed by atoms with E-state index in [0.29, 0.717) is 0 Å². The first-order valence-electron chi connectivity index (χ1n) is 6.62. The molecule has 0 aliphatic carbocycles. The molecular formula is C15H18N2O. The summed E-state index contributed by atoms with van der Waals surface area (Å²) in [6, 6.07) is 8.30. The normalized spacial score (nSPS) is 19.1. The van der Waals surface area contributed by atoms with Crippen molar-refractivity contribution in [2.75, 3.05) is 6.54 Å². The molecule has 18 heavy (non-hydrogen) atoms. The highest BCUT2D eigenvalue weighted by molar-refractivity contribution is 5.81. The first-order chi connectivity index (χ1) is 8.86. The zero-order chi connectivity index (χ0) is 12.4. The maximum absolute atomic E-state index is 6.12. The standard InChI is InChI=1S/C15H18N2O/c1-2-4-13-10-16-9-12-7-14-11(5-3-6-17-14)8-15(12)18-13/h3,5-8,13,16H,2,4,9-10H2,1H3. The molecule has 2 heterocycles. The van der Waals surface area contributed by atoms with E-state index in [1.807, 2.05) is 12.3 Å². The third-order valence-corrected chi connectivity index (χ3v) is 3.38. The van der Waals surface area contributed by atoms with E-state index in [1.165, 1.54) is 5.56 Å².